The number of carboxylic acids is 1. The van der Waals surface area contributed by atoms with Gasteiger partial charge in [0.15, 0.2) is 0 Å². The topological polar surface area (TPSA) is 92.6 Å². The Bertz CT molecular complexity index is 85.9. The van der Waals surface area contributed by atoms with E-state index in [4.69, 9.17) is 10.2 Å². The number of rotatable bonds is 3. The van der Waals surface area contributed by atoms with Gasteiger partial charge in [-0.05, 0) is 0 Å². The molecule has 0 aliphatic heterocycles. The van der Waals surface area contributed by atoms with Crippen molar-refractivity contribution in [3.05, 3.63) is 0 Å². The molecule has 6 heteroatoms. The third-order valence-corrected chi connectivity index (χ3v) is 0.429. The minimum atomic E-state index is -1.78. The SMILES string of the molecule is O=C([O-])CNC(O)O.[Na+]. The first-order chi connectivity index (χ1) is 3.63. The normalized spacial score (nSPS) is 8.78. The average Bonchev–Trinajstić information content (AvgIpc) is 1.61. The Morgan fingerprint density at radius 3 is 2.22 bits per heavy atom. The molecule has 0 aromatic heterocycles. The van der Waals surface area contributed by atoms with Crippen LogP contribution in [0.25, 0.3) is 0 Å². The van der Waals surface area contributed by atoms with Gasteiger partial charge in [-0.25, -0.2) is 0 Å². The van der Waals surface area contributed by atoms with Gasteiger partial charge in [0.05, 0.1) is 5.97 Å². The second-order valence-electron chi connectivity index (χ2n) is 1.13. The molecule has 0 atom stereocenters. The van der Waals surface area contributed by atoms with Crippen molar-refractivity contribution in [2.24, 2.45) is 0 Å². The first-order valence-electron chi connectivity index (χ1n) is 1.92. The zero-order valence-corrected chi connectivity index (χ0v) is 7.00. The van der Waals surface area contributed by atoms with E-state index in [0.717, 1.165) is 0 Å². The summed E-state index contributed by atoms with van der Waals surface area (Å²) in [6.07, 6.45) is -1.78. The average molecular weight is 143 g/mol. The van der Waals surface area contributed by atoms with Gasteiger partial charge >= 0.3 is 29.6 Å². The molecule has 0 unspecified atom stereocenters. The number of carbonyl (C=O) groups excluding carboxylic acids is 1. The van der Waals surface area contributed by atoms with Crippen molar-refractivity contribution < 1.29 is 49.7 Å². The van der Waals surface area contributed by atoms with Crippen LogP contribution in [0.2, 0.25) is 0 Å². The molecule has 0 rings (SSSR count). The van der Waals surface area contributed by atoms with Gasteiger partial charge in [-0.3, -0.25) is 5.32 Å². The predicted molar refractivity (Wildman–Crippen MR) is 21.2 cm³/mol. The largest absolute Gasteiger partial charge is 1.00 e. The third-order valence-electron chi connectivity index (χ3n) is 0.429. The van der Waals surface area contributed by atoms with Crippen molar-refractivity contribution in [2.45, 2.75) is 6.41 Å². The van der Waals surface area contributed by atoms with Gasteiger partial charge in [-0.1, -0.05) is 0 Å². The molecule has 9 heavy (non-hydrogen) atoms. The third kappa shape index (κ3) is 11.8. The van der Waals surface area contributed by atoms with Gasteiger partial charge in [0.2, 0.25) is 6.41 Å². The van der Waals surface area contributed by atoms with Gasteiger partial charge in [0.1, 0.15) is 0 Å². The van der Waals surface area contributed by atoms with Gasteiger partial charge in [0.25, 0.3) is 0 Å². The van der Waals surface area contributed by atoms with E-state index in [1.54, 1.807) is 5.32 Å². The fraction of sp³-hybridized carbons (Fsp3) is 0.667. The molecule has 0 aliphatic carbocycles. The molecule has 0 heterocycles. The molecule has 0 saturated heterocycles. The molecule has 48 valence electrons. The van der Waals surface area contributed by atoms with Crippen molar-refractivity contribution in [2.75, 3.05) is 6.54 Å². The number of carbonyl (C=O) groups is 1. The number of hydrogen-bond donors (Lipinski definition) is 3. The van der Waals surface area contributed by atoms with E-state index < -0.39 is 18.9 Å². The van der Waals surface area contributed by atoms with Gasteiger partial charge in [-0.15, -0.1) is 0 Å². The van der Waals surface area contributed by atoms with Gasteiger partial charge in [0, 0.05) is 6.54 Å². The number of aliphatic carboxylic acids is 1. The summed E-state index contributed by atoms with van der Waals surface area (Å²) in [5.74, 6) is -1.38. The molecule has 0 fully saturated rings. The van der Waals surface area contributed by atoms with E-state index in [9.17, 15) is 9.90 Å². The van der Waals surface area contributed by atoms with Crippen LogP contribution in [-0.2, 0) is 4.79 Å². The van der Waals surface area contributed by atoms with E-state index in [1.165, 1.54) is 0 Å². The van der Waals surface area contributed by atoms with Gasteiger partial charge < -0.3 is 20.1 Å². The minimum Gasteiger partial charge on any atom is -0.549 e. The van der Waals surface area contributed by atoms with Crippen LogP contribution in [0, 0.1) is 0 Å². The fourth-order valence-corrected chi connectivity index (χ4v) is 0.175. The molecule has 0 saturated carbocycles. The van der Waals surface area contributed by atoms with E-state index in [0.29, 0.717) is 0 Å². The molecule has 0 aromatic carbocycles. The Hall–Kier alpha value is 0.350. The zero-order valence-electron chi connectivity index (χ0n) is 5.00. The maximum Gasteiger partial charge on any atom is 1.00 e. The van der Waals surface area contributed by atoms with Crippen molar-refractivity contribution in [1.29, 1.82) is 0 Å². The van der Waals surface area contributed by atoms with Crippen LogP contribution >= 0.6 is 0 Å². The van der Waals surface area contributed by atoms with E-state index in [1.807, 2.05) is 0 Å². The second kappa shape index (κ2) is 6.47. The summed E-state index contributed by atoms with van der Waals surface area (Å²) >= 11 is 0. The van der Waals surface area contributed by atoms with Crippen molar-refractivity contribution in [1.82, 2.24) is 5.32 Å². The Kier molecular flexibility index (Phi) is 8.67. The smallest absolute Gasteiger partial charge is 0.549 e. The molecule has 5 nitrogen and oxygen atoms in total. The summed E-state index contributed by atoms with van der Waals surface area (Å²) < 4.78 is 0. The first kappa shape index (κ1) is 12.1. The van der Waals surface area contributed by atoms with E-state index >= 15 is 0 Å². The van der Waals surface area contributed by atoms with Crippen LogP contribution in [0.5, 0.6) is 0 Å². The van der Waals surface area contributed by atoms with Crippen LogP contribution in [0.15, 0.2) is 0 Å². The summed E-state index contributed by atoms with van der Waals surface area (Å²) in [5, 5.41) is 27.2. The number of nitrogens with one attached hydrogen (secondary N) is 1. The quantitative estimate of drug-likeness (QED) is 0.270. The van der Waals surface area contributed by atoms with Crippen molar-refractivity contribution in [3.63, 3.8) is 0 Å². The monoisotopic (exact) mass is 143 g/mol. The summed E-state index contributed by atoms with van der Waals surface area (Å²) in [6, 6.07) is 0. The van der Waals surface area contributed by atoms with Crippen LogP contribution in [0.1, 0.15) is 0 Å². The number of carboxylic acid groups (broad SMARTS) is 1. The second-order valence-corrected chi connectivity index (χ2v) is 1.13. The zero-order chi connectivity index (χ0) is 6.57. The molecule has 0 amide bonds. The fourth-order valence-electron chi connectivity index (χ4n) is 0.175. The van der Waals surface area contributed by atoms with Gasteiger partial charge in [-0.2, -0.15) is 0 Å². The molecule has 0 radical (unpaired) electrons. The predicted octanol–water partition coefficient (Wildman–Crippen LogP) is -6.40. The van der Waals surface area contributed by atoms with Crippen LogP contribution in [-0.4, -0.2) is 29.1 Å². The molecule has 3 N–H and O–H groups in total. The van der Waals surface area contributed by atoms with Crippen LogP contribution in [0.4, 0.5) is 0 Å². The molecule has 0 aliphatic rings. The van der Waals surface area contributed by atoms with Crippen molar-refractivity contribution in [3.8, 4) is 0 Å². The van der Waals surface area contributed by atoms with Crippen LogP contribution in [0.3, 0.4) is 0 Å². The minimum absolute atomic E-state index is 0. The Labute approximate surface area is 74.0 Å². The molecule has 0 spiro atoms. The Morgan fingerprint density at radius 1 is 1.67 bits per heavy atom. The maximum absolute atomic E-state index is 9.51. The maximum atomic E-state index is 9.51. The molecule has 0 bridgehead atoms. The van der Waals surface area contributed by atoms with Crippen LogP contribution < -0.4 is 40.0 Å². The standard InChI is InChI=1S/C3H7NO4.Na/c5-2(6)1-4-3(7)8;/h3-4,7-8H,1H2,(H,5,6);/q;+1/p-1. The number of hydrogen-bond acceptors (Lipinski definition) is 5. The van der Waals surface area contributed by atoms with Crippen molar-refractivity contribution >= 4 is 5.97 Å². The Balaban J connectivity index is 0. The molecular weight excluding hydrogens is 137 g/mol. The molecular formula is C3H6NNaO4. The summed E-state index contributed by atoms with van der Waals surface area (Å²) in [6.45, 7) is -0.558. The summed E-state index contributed by atoms with van der Waals surface area (Å²) in [7, 11) is 0. The van der Waals surface area contributed by atoms with E-state index in [2.05, 4.69) is 0 Å². The number of aliphatic hydroxyl groups excluding tert-OH is 1. The first-order valence-corrected chi connectivity index (χ1v) is 1.92. The number of aliphatic hydroxyl groups is 2. The molecule has 0 aromatic rings. The van der Waals surface area contributed by atoms with E-state index in [-0.39, 0.29) is 29.6 Å². The summed E-state index contributed by atoms with van der Waals surface area (Å²) in [5.41, 5.74) is 0. The Morgan fingerprint density at radius 2 is 2.11 bits per heavy atom. The summed E-state index contributed by atoms with van der Waals surface area (Å²) in [4.78, 5) is 9.51.